The number of methoxy groups -OCH3 is 4. The molecule has 1 heterocycles. The van der Waals surface area contributed by atoms with E-state index in [0.717, 1.165) is 30.9 Å². The van der Waals surface area contributed by atoms with E-state index in [1.165, 1.54) is 94.4 Å². The average Bonchev–Trinajstić information content (AvgIpc) is 3.38. The van der Waals surface area contributed by atoms with E-state index in [9.17, 15) is 0 Å². The number of fused-ring (bicyclic) bond motifs is 1. The number of piperazine rings is 1. The summed E-state index contributed by atoms with van der Waals surface area (Å²) in [5.41, 5.74) is 3.89. The predicted octanol–water partition coefficient (Wildman–Crippen LogP) is 6.83. The zero-order valence-electron chi connectivity index (χ0n) is 24.9. The van der Waals surface area contributed by atoms with Gasteiger partial charge in [0.1, 0.15) is 0 Å². The molecule has 2 aromatic rings. The molecule has 0 saturated carbocycles. The predicted molar refractivity (Wildman–Crippen MR) is 169 cm³/mol. The van der Waals surface area contributed by atoms with Crippen molar-refractivity contribution in [2.75, 3.05) is 61.2 Å². The number of ether oxygens (including phenoxy) is 4. The fraction of sp³-hybridized carbons (Fsp3) is 0.625. The van der Waals surface area contributed by atoms with Crippen LogP contribution in [0, 0.1) is 5.92 Å². The molecule has 0 amide bonds. The maximum absolute atomic E-state index is 5.76. The monoisotopic (exact) mass is 596 g/mol. The van der Waals surface area contributed by atoms with Crippen molar-refractivity contribution >= 4 is 24.8 Å². The Morgan fingerprint density at radius 1 is 0.600 bits per heavy atom. The molecular weight excluding hydrogens is 547 g/mol. The van der Waals surface area contributed by atoms with Crippen LogP contribution in [0.4, 0.5) is 0 Å². The molecule has 226 valence electrons. The average molecular weight is 598 g/mol. The van der Waals surface area contributed by atoms with E-state index in [4.69, 9.17) is 18.9 Å². The lowest BCUT2D eigenvalue weighted by atomic mass is 9.97. The van der Waals surface area contributed by atoms with Gasteiger partial charge in [0.25, 0.3) is 0 Å². The summed E-state index contributed by atoms with van der Waals surface area (Å²) in [5, 5.41) is 0. The molecule has 1 aliphatic heterocycles. The minimum atomic E-state index is 0. The molecule has 1 fully saturated rings. The topological polar surface area (TPSA) is 43.4 Å². The van der Waals surface area contributed by atoms with E-state index < -0.39 is 0 Å². The van der Waals surface area contributed by atoms with Gasteiger partial charge in [-0.15, -0.1) is 24.8 Å². The number of nitrogens with zero attached hydrogens (tertiary/aromatic N) is 2. The highest BCUT2D eigenvalue weighted by Crippen LogP contribution is 2.53. The van der Waals surface area contributed by atoms with Crippen molar-refractivity contribution < 1.29 is 18.9 Å². The molecule has 0 atom stereocenters. The van der Waals surface area contributed by atoms with Gasteiger partial charge in [-0.05, 0) is 43.7 Å². The molecule has 0 aromatic heterocycles. The summed E-state index contributed by atoms with van der Waals surface area (Å²) >= 11 is 0. The molecule has 0 spiro atoms. The third kappa shape index (κ3) is 8.82. The molecule has 2 aromatic carbocycles. The summed E-state index contributed by atoms with van der Waals surface area (Å²) in [4.78, 5) is 5.25. The van der Waals surface area contributed by atoms with Crippen molar-refractivity contribution in [3.63, 3.8) is 0 Å². The molecule has 0 bridgehead atoms. The lowest BCUT2D eigenvalue weighted by molar-refractivity contribution is 0.125. The molecule has 0 unspecified atom stereocenters. The van der Waals surface area contributed by atoms with Gasteiger partial charge >= 0.3 is 0 Å². The molecule has 2 aliphatic rings. The van der Waals surface area contributed by atoms with Gasteiger partial charge in [-0.3, -0.25) is 4.90 Å². The largest absolute Gasteiger partial charge is 0.492 e. The zero-order chi connectivity index (χ0) is 26.7. The smallest absolute Gasteiger partial charge is 0.207 e. The van der Waals surface area contributed by atoms with Crippen molar-refractivity contribution in [2.45, 2.75) is 64.3 Å². The summed E-state index contributed by atoms with van der Waals surface area (Å²) in [5.74, 6) is 3.52. The lowest BCUT2D eigenvalue weighted by Crippen LogP contribution is -2.46. The van der Waals surface area contributed by atoms with Crippen LogP contribution < -0.4 is 18.9 Å². The van der Waals surface area contributed by atoms with Gasteiger partial charge in [0, 0.05) is 43.9 Å². The van der Waals surface area contributed by atoms with Gasteiger partial charge < -0.3 is 23.8 Å². The standard InChI is InChI=1S/C32H48N2O4.2ClH/c1-35-29-27-22-26(23-28(27)30(36-2)32(38-4)31(29)37-3)16-10-7-5-6-8-13-17-33-18-20-34(21-19-33)24-25-14-11-9-12-15-25;;/h9,11-12,14-15,26H,5-8,10,13,16-24H2,1-4H3;2*1H. The first kappa shape index (κ1) is 34.3. The first-order chi connectivity index (χ1) is 18.7. The van der Waals surface area contributed by atoms with Crippen molar-refractivity contribution in [1.82, 2.24) is 9.80 Å². The van der Waals surface area contributed by atoms with Gasteiger partial charge in [-0.25, -0.2) is 0 Å². The minimum absolute atomic E-state index is 0. The minimum Gasteiger partial charge on any atom is -0.492 e. The molecule has 1 aliphatic carbocycles. The van der Waals surface area contributed by atoms with E-state index in [-0.39, 0.29) is 24.8 Å². The van der Waals surface area contributed by atoms with Crippen molar-refractivity contribution in [1.29, 1.82) is 0 Å². The van der Waals surface area contributed by atoms with Crippen LogP contribution in [0.15, 0.2) is 30.3 Å². The van der Waals surface area contributed by atoms with Crippen LogP contribution in [0.5, 0.6) is 23.0 Å². The maximum Gasteiger partial charge on any atom is 0.207 e. The maximum atomic E-state index is 5.76. The molecule has 4 rings (SSSR count). The Kier molecular flexibility index (Phi) is 15.3. The summed E-state index contributed by atoms with van der Waals surface area (Å²) in [6.07, 6.45) is 11.3. The van der Waals surface area contributed by atoms with E-state index in [1.54, 1.807) is 28.4 Å². The fourth-order valence-electron chi connectivity index (χ4n) is 6.33. The first-order valence-corrected chi connectivity index (χ1v) is 14.5. The third-order valence-corrected chi connectivity index (χ3v) is 8.38. The SMILES string of the molecule is COc1c2c(c(OC)c(OC)c1OC)CC(CCCCCCCCN1CCN(Cc3ccccc3)CC1)C2.Cl.Cl. The highest BCUT2D eigenvalue weighted by Gasteiger charge is 2.33. The third-order valence-electron chi connectivity index (χ3n) is 8.38. The summed E-state index contributed by atoms with van der Waals surface area (Å²) in [6.45, 7) is 7.16. The first-order valence-electron chi connectivity index (χ1n) is 14.5. The fourth-order valence-corrected chi connectivity index (χ4v) is 6.33. The van der Waals surface area contributed by atoms with Crippen molar-refractivity contribution in [2.24, 2.45) is 5.92 Å². The molecule has 0 N–H and O–H groups in total. The van der Waals surface area contributed by atoms with E-state index >= 15 is 0 Å². The Morgan fingerprint density at radius 3 is 1.60 bits per heavy atom. The Hall–Kier alpha value is -1.86. The van der Waals surface area contributed by atoms with Crippen LogP contribution in [0.3, 0.4) is 0 Å². The Morgan fingerprint density at radius 2 is 1.07 bits per heavy atom. The molecule has 8 heteroatoms. The second-order valence-electron chi connectivity index (χ2n) is 10.9. The number of unbranched alkanes of at least 4 members (excludes halogenated alkanes) is 5. The van der Waals surface area contributed by atoms with Crippen LogP contribution in [-0.4, -0.2) is 71.0 Å². The summed E-state index contributed by atoms with van der Waals surface area (Å²) in [7, 11) is 6.74. The normalized spacial score (nSPS) is 15.6. The number of halogens is 2. The van der Waals surface area contributed by atoms with Gasteiger partial charge in [0.15, 0.2) is 11.5 Å². The van der Waals surface area contributed by atoms with Crippen LogP contribution >= 0.6 is 24.8 Å². The van der Waals surface area contributed by atoms with Crippen LogP contribution in [0.2, 0.25) is 0 Å². The van der Waals surface area contributed by atoms with E-state index in [1.807, 2.05) is 0 Å². The van der Waals surface area contributed by atoms with E-state index in [2.05, 4.69) is 40.1 Å². The highest BCUT2D eigenvalue weighted by molar-refractivity contribution is 5.85. The van der Waals surface area contributed by atoms with Crippen LogP contribution in [0.1, 0.15) is 61.6 Å². The van der Waals surface area contributed by atoms with Gasteiger partial charge in [-0.1, -0.05) is 62.4 Å². The second-order valence-corrected chi connectivity index (χ2v) is 10.9. The van der Waals surface area contributed by atoms with Crippen LogP contribution in [-0.2, 0) is 19.4 Å². The number of benzene rings is 2. The number of rotatable bonds is 15. The van der Waals surface area contributed by atoms with Gasteiger partial charge in [0.2, 0.25) is 11.5 Å². The van der Waals surface area contributed by atoms with Gasteiger partial charge in [-0.2, -0.15) is 0 Å². The molecule has 6 nitrogen and oxygen atoms in total. The zero-order valence-corrected chi connectivity index (χ0v) is 26.5. The number of hydrogen-bond acceptors (Lipinski definition) is 6. The quantitative estimate of drug-likeness (QED) is 0.210. The Balaban J connectivity index is 0.00000280. The Bertz CT molecular complexity index is 959. The van der Waals surface area contributed by atoms with Crippen molar-refractivity contribution in [3.8, 4) is 23.0 Å². The lowest BCUT2D eigenvalue weighted by Gasteiger charge is -2.34. The number of hydrogen-bond donors (Lipinski definition) is 0. The van der Waals surface area contributed by atoms with Crippen LogP contribution in [0.25, 0.3) is 0 Å². The molecule has 0 radical (unpaired) electrons. The Labute approximate surface area is 254 Å². The summed E-state index contributed by atoms with van der Waals surface area (Å²) in [6, 6.07) is 10.9. The molecular formula is C32H50Cl2N2O4. The molecule has 40 heavy (non-hydrogen) atoms. The second kappa shape index (κ2) is 17.8. The van der Waals surface area contributed by atoms with E-state index in [0.29, 0.717) is 17.4 Å². The van der Waals surface area contributed by atoms with Crippen molar-refractivity contribution in [3.05, 3.63) is 47.0 Å². The highest BCUT2D eigenvalue weighted by atomic mass is 35.5. The summed E-state index contributed by atoms with van der Waals surface area (Å²) < 4.78 is 22.8. The molecule has 1 saturated heterocycles. The van der Waals surface area contributed by atoms with Gasteiger partial charge in [0.05, 0.1) is 28.4 Å².